The fourth-order valence-electron chi connectivity index (χ4n) is 2.22. The Hall–Kier alpha value is -2.73. The highest BCUT2D eigenvalue weighted by molar-refractivity contribution is 5.84. The lowest BCUT2D eigenvalue weighted by Gasteiger charge is -2.06. The Labute approximate surface area is 131 Å². The Morgan fingerprint density at radius 2 is 1.86 bits per heavy atom. The zero-order valence-corrected chi connectivity index (χ0v) is 13.0. The van der Waals surface area contributed by atoms with Gasteiger partial charge < -0.3 is 9.72 Å². The number of hydrogen-bond donors (Lipinski definition) is 1. The molecular weight excluding hydrogens is 272 g/mol. The number of ether oxygens (including phenoxy) is 1. The van der Waals surface area contributed by atoms with Gasteiger partial charge in [0.05, 0.1) is 12.5 Å². The molecule has 3 heteroatoms. The van der Waals surface area contributed by atoms with Crippen LogP contribution < -0.4 is 4.74 Å². The minimum atomic E-state index is 0.405. The number of hydrogen-bond acceptors (Lipinski definition) is 2. The van der Waals surface area contributed by atoms with Crippen LogP contribution in [0.5, 0.6) is 5.75 Å². The number of nitriles is 1. The first-order valence-corrected chi connectivity index (χ1v) is 7.50. The molecule has 0 bridgehead atoms. The highest BCUT2D eigenvalue weighted by Crippen LogP contribution is 2.24. The molecule has 3 rings (SSSR count). The zero-order chi connectivity index (χ0) is 15.8. The first-order valence-electron chi connectivity index (χ1n) is 7.50. The van der Waals surface area contributed by atoms with Crippen LogP contribution in [0.25, 0.3) is 10.9 Å². The van der Waals surface area contributed by atoms with Crippen molar-refractivity contribution in [1.29, 1.82) is 5.26 Å². The third-order valence-electron chi connectivity index (χ3n) is 3.26. The number of fused-ring (bicyclic) bond motifs is 1. The Balaban J connectivity index is 0.000000847. The van der Waals surface area contributed by atoms with Gasteiger partial charge in [-0.05, 0) is 29.3 Å². The summed E-state index contributed by atoms with van der Waals surface area (Å²) in [5, 5.41) is 9.88. The van der Waals surface area contributed by atoms with Crippen molar-refractivity contribution in [2.75, 3.05) is 0 Å². The molecule has 0 aliphatic heterocycles. The molecule has 1 N–H and O–H groups in total. The van der Waals surface area contributed by atoms with E-state index in [2.05, 4.69) is 11.1 Å². The summed E-state index contributed by atoms with van der Waals surface area (Å²) in [5.41, 5.74) is 3.17. The number of aromatic nitrogens is 1. The van der Waals surface area contributed by atoms with Gasteiger partial charge in [0.2, 0.25) is 0 Å². The van der Waals surface area contributed by atoms with Gasteiger partial charge in [0.1, 0.15) is 12.4 Å². The lowest BCUT2D eigenvalue weighted by atomic mass is 10.1. The standard InChI is InChI=1S/C17H14N2O.C2H6/c18-9-8-14-11-19-17-7-6-15(10-16(14)17)20-12-13-4-2-1-3-5-13;1-2/h1-7,10-11,19H,8,12H2;1-2H3. The number of rotatable bonds is 4. The fraction of sp³-hybridized carbons (Fsp3) is 0.211. The average molecular weight is 292 g/mol. The van der Waals surface area contributed by atoms with Crippen LogP contribution in [0.15, 0.2) is 54.7 Å². The third kappa shape index (κ3) is 3.67. The molecule has 0 amide bonds. The minimum Gasteiger partial charge on any atom is -0.489 e. The predicted molar refractivity (Wildman–Crippen MR) is 89.7 cm³/mol. The molecule has 3 aromatic rings. The summed E-state index contributed by atoms with van der Waals surface area (Å²) in [4.78, 5) is 3.17. The van der Waals surface area contributed by atoms with Gasteiger partial charge >= 0.3 is 0 Å². The summed E-state index contributed by atoms with van der Waals surface area (Å²) in [5.74, 6) is 0.820. The molecular formula is C19H20N2O. The van der Waals surface area contributed by atoms with E-state index in [9.17, 15) is 0 Å². The summed E-state index contributed by atoms with van der Waals surface area (Å²) in [6, 6.07) is 18.2. The molecule has 0 saturated heterocycles. The van der Waals surface area contributed by atoms with E-state index in [1.165, 1.54) is 0 Å². The maximum atomic E-state index is 8.82. The van der Waals surface area contributed by atoms with E-state index in [1.807, 2.05) is 68.6 Å². The highest BCUT2D eigenvalue weighted by atomic mass is 16.5. The van der Waals surface area contributed by atoms with E-state index in [0.717, 1.165) is 27.8 Å². The van der Waals surface area contributed by atoms with Gasteiger partial charge in [0.15, 0.2) is 0 Å². The normalized spacial score (nSPS) is 9.68. The number of benzene rings is 2. The van der Waals surface area contributed by atoms with Crippen LogP contribution in [-0.2, 0) is 13.0 Å². The lowest BCUT2D eigenvalue weighted by molar-refractivity contribution is 0.306. The second-order valence-electron chi connectivity index (χ2n) is 4.63. The van der Waals surface area contributed by atoms with Crippen molar-refractivity contribution >= 4 is 10.9 Å². The molecule has 3 nitrogen and oxygen atoms in total. The van der Waals surface area contributed by atoms with E-state index < -0.39 is 0 Å². The van der Waals surface area contributed by atoms with Gasteiger partial charge in [-0.25, -0.2) is 0 Å². The maximum Gasteiger partial charge on any atom is 0.120 e. The summed E-state index contributed by atoms with van der Waals surface area (Å²) >= 11 is 0. The van der Waals surface area contributed by atoms with Gasteiger partial charge in [-0.15, -0.1) is 0 Å². The van der Waals surface area contributed by atoms with E-state index >= 15 is 0 Å². The number of nitrogens with one attached hydrogen (secondary N) is 1. The number of aromatic amines is 1. The molecule has 2 aromatic carbocycles. The summed E-state index contributed by atoms with van der Waals surface area (Å²) in [6.45, 7) is 4.55. The fourth-order valence-corrected chi connectivity index (χ4v) is 2.22. The van der Waals surface area contributed by atoms with Crippen LogP contribution in [0.2, 0.25) is 0 Å². The van der Waals surface area contributed by atoms with Gasteiger partial charge in [0, 0.05) is 17.1 Å². The number of H-pyrrole nitrogens is 1. The molecule has 112 valence electrons. The second kappa shape index (κ2) is 7.90. The summed E-state index contributed by atoms with van der Waals surface area (Å²) in [6.07, 6.45) is 2.29. The van der Waals surface area contributed by atoms with Crippen molar-refractivity contribution in [1.82, 2.24) is 4.98 Å². The van der Waals surface area contributed by atoms with Crippen molar-refractivity contribution in [2.24, 2.45) is 0 Å². The molecule has 0 spiro atoms. The smallest absolute Gasteiger partial charge is 0.120 e. The van der Waals surface area contributed by atoms with Gasteiger partial charge in [-0.2, -0.15) is 5.26 Å². The van der Waals surface area contributed by atoms with Crippen molar-refractivity contribution in [3.8, 4) is 11.8 Å². The van der Waals surface area contributed by atoms with Gasteiger partial charge in [0.25, 0.3) is 0 Å². The van der Waals surface area contributed by atoms with E-state index in [-0.39, 0.29) is 0 Å². The van der Waals surface area contributed by atoms with Crippen molar-refractivity contribution < 1.29 is 4.74 Å². The molecule has 0 aliphatic rings. The summed E-state index contributed by atoms with van der Waals surface area (Å²) < 4.78 is 5.81. The minimum absolute atomic E-state index is 0.405. The van der Waals surface area contributed by atoms with Crippen LogP contribution in [0.3, 0.4) is 0 Å². The highest BCUT2D eigenvalue weighted by Gasteiger charge is 2.05. The molecule has 1 aromatic heterocycles. The Bertz CT molecular complexity index is 754. The van der Waals surface area contributed by atoms with Crippen LogP contribution >= 0.6 is 0 Å². The van der Waals surface area contributed by atoms with Gasteiger partial charge in [-0.3, -0.25) is 0 Å². The van der Waals surface area contributed by atoms with Crippen LogP contribution in [0.1, 0.15) is 25.0 Å². The Morgan fingerprint density at radius 1 is 1.09 bits per heavy atom. The van der Waals surface area contributed by atoms with Crippen LogP contribution in [0.4, 0.5) is 0 Å². The second-order valence-corrected chi connectivity index (χ2v) is 4.63. The topological polar surface area (TPSA) is 48.8 Å². The van der Waals surface area contributed by atoms with Crippen molar-refractivity contribution in [3.05, 3.63) is 65.9 Å². The molecule has 0 aliphatic carbocycles. The van der Waals surface area contributed by atoms with Crippen molar-refractivity contribution in [3.63, 3.8) is 0 Å². The third-order valence-corrected chi connectivity index (χ3v) is 3.26. The SMILES string of the molecule is CC.N#CCc1c[nH]c2ccc(OCc3ccccc3)cc12. The first-order chi connectivity index (χ1) is 10.9. The molecule has 0 unspecified atom stereocenters. The van der Waals surface area contributed by atoms with Crippen LogP contribution in [-0.4, -0.2) is 4.98 Å². The molecule has 1 heterocycles. The molecule has 0 radical (unpaired) electrons. The molecule has 0 saturated carbocycles. The number of nitrogens with zero attached hydrogens (tertiary/aromatic N) is 1. The van der Waals surface area contributed by atoms with Crippen molar-refractivity contribution in [2.45, 2.75) is 26.9 Å². The quantitative estimate of drug-likeness (QED) is 0.748. The predicted octanol–water partition coefficient (Wildman–Crippen LogP) is 4.84. The maximum absolute atomic E-state index is 8.82. The largest absolute Gasteiger partial charge is 0.489 e. The zero-order valence-electron chi connectivity index (χ0n) is 13.0. The van der Waals surface area contributed by atoms with E-state index in [1.54, 1.807) is 0 Å². The molecule has 0 fully saturated rings. The molecule has 22 heavy (non-hydrogen) atoms. The monoisotopic (exact) mass is 292 g/mol. The Morgan fingerprint density at radius 3 is 2.59 bits per heavy atom. The van der Waals surface area contributed by atoms with Gasteiger partial charge in [-0.1, -0.05) is 44.2 Å². The molecule has 0 atom stereocenters. The Kier molecular flexibility index (Phi) is 5.62. The average Bonchev–Trinajstić information content (AvgIpc) is 2.99. The summed E-state index contributed by atoms with van der Waals surface area (Å²) in [7, 11) is 0. The van der Waals surface area contributed by atoms with E-state index in [4.69, 9.17) is 10.00 Å². The van der Waals surface area contributed by atoms with Crippen LogP contribution in [0, 0.1) is 11.3 Å². The van der Waals surface area contributed by atoms with E-state index in [0.29, 0.717) is 13.0 Å². The first kappa shape index (κ1) is 15.7. The lowest BCUT2D eigenvalue weighted by Crippen LogP contribution is -1.94.